The third kappa shape index (κ3) is 4.54. The molecule has 0 saturated carbocycles. The number of rotatable bonds is 6. The number of methoxy groups -OCH3 is 2. The first kappa shape index (κ1) is 25.4. The van der Waals surface area contributed by atoms with Gasteiger partial charge in [-0.2, -0.15) is 0 Å². The number of ether oxygens (including phenoxy) is 2. The summed E-state index contributed by atoms with van der Waals surface area (Å²) in [6.45, 7) is 2.10. The molecule has 1 atom stereocenters. The Bertz CT molecular complexity index is 1350. The van der Waals surface area contributed by atoms with Crippen molar-refractivity contribution in [1.82, 2.24) is 9.58 Å². The SMILES string of the molecule is COCC(COC)N1CN(C2c3cc(F)ccc3CSc3ccc(F)cc32)n2ccc(=O)c(C)c2C1=O. The molecule has 3 heterocycles. The zero-order chi connectivity index (χ0) is 26.3. The number of pyridine rings is 1. The third-order valence-corrected chi connectivity index (χ3v) is 8.01. The molecule has 2 aliphatic rings. The van der Waals surface area contributed by atoms with Crippen molar-refractivity contribution >= 4 is 17.7 Å². The molecule has 2 aliphatic heterocycles. The molecule has 0 aliphatic carbocycles. The number of aromatic nitrogens is 1. The zero-order valence-electron chi connectivity index (χ0n) is 20.7. The fourth-order valence-corrected chi connectivity index (χ4v) is 6.16. The number of halogens is 2. The quantitative estimate of drug-likeness (QED) is 0.486. The second kappa shape index (κ2) is 10.3. The average Bonchev–Trinajstić information content (AvgIpc) is 3.02. The van der Waals surface area contributed by atoms with E-state index in [-0.39, 0.29) is 42.5 Å². The van der Waals surface area contributed by atoms with E-state index in [2.05, 4.69) is 0 Å². The third-order valence-electron chi connectivity index (χ3n) is 6.87. The lowest BCUT2D eigenvalue weighted by Gasteiger charge is -2.46. The lowest BCUT2D eigenvalue weighted by molar-refractivity contribution is 0.0206. The average molecular weight is 528 g/mol. The molecule has 1 amide bonds. The molecule has 7 nitrogen and oxygen atoms in total. The highest BCUT2D eigenvalue weighted by Gasteiger charge is 2.40. The van der Waals surface area contributed by atoms with Crippen LogP contribution >= 0.6 is 11.8 Å². The van der Waals surface area contributed by atoms with Crippen molar-refractivity contribution in [2.24, 2.45) is 0 Å². The number of nitrogens with zero attached hydrogens (tertiary/aromatic N) is 3. The van der Waals surface area contributed by atoms with Crippen LogP contribution < -0.4 is 10.4 Å². The predicted octanol–water partition coefficient (Wildman–Crippen LogP) is 3.84. The van der Waals surface area contributed by atoms with Gasteiger partial charge in [0.15, 0.2) is 5.43 Å². The molecule has 0 saturated heterocycles. The lowest BCUT2D eigenvalue weighted by Crippen LogP contribution is -2.60. The fourth-order valence-electron chi connectivity index (χ4n) is 5.08. The van der Waals surface area contributed by atoms with Gasteiger partial charge in [0.05, 0.1) is 25.3 Å². The molecule has 0 N–H and O–H groups in total. The van der Waals surface area contributed by atoms with Crippen LogP contribution in [-0.4, -0.2) is 55.6 Å². The summed E-state index contributed by atoms with van der Waals surface area (Å²) in [6, 6.07) is 9.54. The molecule has 194 valence electrons. The van der Waals surface area contributed by atoms with Gasteiger partial charge in [-0.05, 0) is 53.9 Å². The predicted molar refractivity (Wildman–Crippen MR) is 136 cm³/mol. The van der Waals surface area contributed by atoms with E-state index in [4.69, 9.17) is 9.47 Å². The van der Waals surface area contributed by atoms with E-state index in [9.17, 15) is 18.4 Å². The van der Waals surface area contributed by atoms with Crippen molar-refractivity contribution in [3.05, 3.63) is 98.5 Å². The monoisotopic (exact) mass is 527 g/mol. The molecule has 0 bridgehead atoms. The number of hydrogen-bond donors (Lipinski definition) is 0. The highest BCUT2D eigenvalue weighted by Crippen LogP contribution is 2.43. The molecule has 3 aromatic rings. The Hall–Kier alpha value is -3.21. The van der Waals surface area contributed by atoms with Gasteiger partial charge in [0, 0.05) is 42.7 Å². The van der Waals surface area contributed by atoms with E-state index < -0.39 is 23.7 Å². The van der Waals surface area contributed by atoms with Crippen molar-refractivity contribution in [3.8, 4) is 0 Å². The second-order valence-electron chi connectivity index (χ2n) is 9.13. The van der Waals surface area contributed by atoms with Crippen LogP contribution in [0.3, 0.4) is 0 Å². The molecule has 37 heavy (non-hydrogen) atoms. The summed E-state index contributed by atoms with van der Waals surface area (Å²) >= 11 is 1.55. The molecule has 0 fully saturated rings. The van der Waals surface area contributed by atoms with Gasteiger partial charge < -0.3 is 14.4 Å². The van der Waals surface area contributed by atoms with Gasteiger partial charge in [-0.25, -0.2) is 8.78 Å². The minimum atomic E-state index is -0.645. The highest BCUT2D eigenvalue weighted by atomic mass is 32.2. The number of carbonyl (C=O) groups excluding carboxylic acids is 1. The smallest absolute Gasteiger partial charge is 0.274 e. The van der Waals surface area contributed by atoms with Crippen LogP contribution in [0.15, 0.2) is 58.4 Å². The Balaban J connectivity index is 1.77. The van der Waals surface area contributed by atoms with Crippen LogP contribution in [-0.2, 0) is 15.2 Å². The number of hydrogen-bond acceptors (Lipinski definition) is 6. The molecule has 2 aromatic carbocycles. The first-order chi connectivity index (χ1) is 17.8. The van der Waals surface area contributed by atoms with Crippen molar-refractivity contribution < 1.29 is 23.0 Å². The number of thioether (sulfide) groups is 1. The summed E-state index contributed by atoms with van der Waals surface area (Å²) in [6.07, 6.45) is 1.55. The Morgan fingerprint density at radius 1 is 1.00 bits per heavy atom. The van der Waals surface area contributed by atoms with Gasteiger partial charge in [-0.1, -0.05) is 6.07 Å². The first-order valence-electron chi connectivity index (χ1n) is 11.8. The standard InChI is InChI=1S/C27H27F2N3O4S/c1-16-23(33)8-9-31-25(16)27(34)30(20(12-35-2)13-36-3)15-32(31)26-21-10-18(28)5-4-17(21)14-37-24-7-6-19(29)11-22(24)26/h4-11,20,26H,12-15H2,1-3H3. The first-order valence-corrected chi connectivity index (χ1v) is 12.8. The van der Waals surface area contributed by atoms with Crippen molar-refractivity contribution in [2.75, 3.05) is 39.1 Å². The van der Waals surface area contributed by atoms with Crippen molar-refractivity contribution in [1.29, 1.82) is 0 Å². The number of amides is 1. The molecule has 0 spiro atoms. The molecule has 10 heteroatoms. The van der Waals surface area contributed by atoms with Gasteiger partial charge in [-0.3, -0.25) is 19.3 Å². The Morgan fingerprint density at radius 3 is 2.38 bits per heavy atom. The highest BCUT2D eigenvalue weighted by molar-refractivity contribution is 7.98. The van der Waals surface area contributed by atoms with Gasteiger partial charge in [-0.15, -0.1) is 11.8 Å². The fraction of sp³-hybridized carbons (Fsp3) is 0.333. The summed E-state index contributed by atoms with van der Waals surface area (Å²) in [5, 5.41) is 1.88. The van der Waals surface area contributed by atoms with Crippen LogP contribution in [0.4, 0.5) is 8.78 Å². The van der Waals surface area contributed by atoms with Crippen LogP contribution in [0, 0.1) is 18.6 Å². The molecular weight excluding hydrogens is 500 g/mol. The second-order valence-corrected chi connectivity index (χ2v) is 10.2. The summed E-state index contributed by atoms with van der Waals surface area (Å²) < 4.78 is 41.7. The van der Waals surface area contributed by atoms with Crippen molar-refractivity contribution in [3.63, 3.8) is 0 Å². The number of benzene rings is 2. The maximum absolute atomic E-state index is 14.7. The largest absolute Gasteiger partial charge is 0.382 e. The van der Waals surface area contributed by atoms with E-state index in [0.29, 0.717) is 16.9 Å². The maximum Gasteiger partial charge on any atom is 0.274 e. The van der Waals surface area contributed by atoms with Crippen LogP contribution in [0.25, 0.3) is 0 Å². The van der Waals surface area contributed by atoms with E-state index >= 15 is 0 Å². The minimum Gasteiger partial charge on any atom is -0.382 e. The Morgan fingerprint density at radius 2 is 1.68 bits per heavy atom. The summed E-state index contributed by atoms with van der Waals surface area (Å²) in [5.74, 6) is -0.589. The van der Waals surface area contributed by atoms with E-state index in [1.54, 1.807) is 60.8 Å². The van der Waals surface area contributed by atoms with Crippen LogP contribution in [0.5, 0.6) is 0 Å². The van der Waals surface area contributed by atoms with E-state index in [1.807, 2.05) is 5.01 Å². The molecule has 0 radical (unpaired) electrons. The van der Waals surface area contributed by atoms with Crippen LogP contribution in [0.2, 0.25) is 0 Å². The topological polar surface area (TPSA) is 64.0 Å². The lowest BCUT2D eigenvalue weighted by atomic mass is 9.94. The maximum atomic E-state index is 14.7. The molecular formula is C27H27F2N3O4S. The summed E-state index contributed by atoms with van der Waals surface area (Å²) in [4.78, 5) is 28.9. The Labute approximate surface area is 217 Å². The van der Waals surface area contributed by atoms with Gasteiger partial charge >= 0.3 is 0 Å². The molecule has 1 unspecified atom stereocenters. The van der Waals surface area contributed by atoms with Crippen LogP contribution in [0.1, 0.15) is 38.8 Å². The summed E-state index contributed by atoms with van der Waals surface area (Å²) in [5.41, 5.74) is 2.44. The van der Waals surface area contributed by atoms with E-state index in [0.717, 1.165) is 10.5 Å². The molecule has 1 aromatic heterocycles. The van der Waals surface area contributed by atoms with Gasteiger partial charge in [0.2, 0.25) is 0 Å². The normalized spacial score (nSPS) is 16.9. The molecule has 5 rings (SSSR count). The van der Waals surface area contributed by atoms with E-state index in [1.165, 1.54) is 30.3 Å². The van der Waals surface area contributed by atoms with Crippen molar-refractivity contribution in [2.45, 2.75) is 29.7 Å². The van der Waals surface area contributed by atoms with Gasteiger partial charge in [0.25, 0.3) is 5.91 Å². The minimum absolute atomic E-state index is 0.0762. The van der Waals surface area contributed by atoms with Gasteiger partial charge in [0.1, 0.15) is 24.0 Å². The zero-order valence-corrected chi connectivity index (χ0v) is 21.6. The number of carbonyl (C=O) groups is 1. The Kier molecular flexibility index (Phi) is 7.06. The number of fused-ring (bicyclic) bond motifs is 3. The summed E-state index contributed by atoms with van der Waals surface area (Å²) in [7, 11) is 3.08.